The summed E-state index contributed by atoms with van der Waals surface area (Å²) in [6.07, 6.45) is 4.92. The van der Waals surface area contributed by atoms with Crippen molar-refractivity contribution in [1.82, 2.24) is 50.1 Å². The maximum absolute atomic E-state index is 13.9. The molecule has 5 amide bonds. The SMILES string of the molecule is CC(=O)NCCOCCOCCOCCOCCC(=O)C[C@H](C(=O)N[C@@H](CCCNC(N)=O)C(=O)Cc1ccc(COC(=O)N(CCn2ccc(-c3ccc(Cn4c(=O)[nH]c5c(N)nc(C)nc54)cc3)n2)C2CCC2)cc1)C(C)C. The van der Waals surface area contributed by atoms with E-state index in [2.05, 4.69) is 30.9 Å². The molecule has 0 radical (unpaired) electrons. The van der Waals surface area contributed by atoms with Crippen molar-refractivity contribution in [2.24, 2.45) is 17.6 Å². The molecule has 0 aliphatic heterocycles. The van der Waals surface area contributed by atoms with Gasteiger partial charge in [-0.05, 0) is 67.7 Å². The summed E-state index contributed by atoms with van der Waals surface area (Å²) in [5.74, 6) is -1.11. The maximum Gasteiger partial charge on any atom is 0.410 e. The van der Waals surface area contributed by atoms with Crippen LogP contribution in [0.4, 0.5) is 15.4 Å². The van der Waals surface area contributed by atoms with Gasteiger partial charge in [0.2, 0.25) is 11.8 Å². The fourth-order valence-electron chi connectivity index (χ4n) is 8.89. The number of rotatable bonds is 36. The largest absolute Gasteiger partial charge is 0.445 e. The Kier molecular flexibility index (Phi) is 24.6. The van der Waals surface area contributed by atoms with Crippen LogP contribution in [0.2, 0.25) is 0 Å². The molecule has 24 nitrogen and oxygen atoms in total. The first-order valence-electron chi connectivity index (χ1n) is 27.3. The van der Waals surface area contributed by atoms with E-state index in [0.717, 1.165) is 41.6 Å². The van der Waals surface area contributed by atoms with Crippen molar-refractivity contribution in [2.75, 3.05) is 78.2 Å². The van der Waals surface area contributed by atoms with Crippen molar-refractivity contribution < 1.29 is 52.5 Å². The molecule has 8 N–H and O–H groups in total. The predicted octanol–water partition coefficient (Wildman–Crippen LogP) is 3.98. The molecule has 2 aromatic carbocycles. The van der Waals surface area contributed by atoms with Gasteiger partial charge in [-0.3, -0.25) is 28.4 Å². The summed E-state index contributed by atoms with van der Waals surface area (Å²) >= 11 is 0. The summed E-state index contributed by atoms with van der Waals surface area (Å²) in [4.78, 5) is 102. The van der Waals surface area contributed by atoms with Gasteiger partial charge in [-0.1, -0.05) is 62.4 Å². The van der Waals surface area contributed by atoms with Crippen LogP contribution >= 0.6 is 0 Å². The minimum atomic E-state index is -0.895. The lowest BCUT2D eigenvalue weighted by Crippen LogP contribution is -2.46. The molecule has 0 bridgehead atoms. The number of imidazole rings is 1. The highest BCUT2D eigenvalue weighted by Gasteiger charge is 2.31. The van der Waals surface area contributed by atoms with Crippen LogP contribution in [-0.4, -0.2) is 154 Å². The number of ketones is 2. The summed E-state index contributed by atoms with van der Waals surface area (Å²) in [7, 11) is 0. The summed E-state index contributed by atoms with van der Waals surface area (Å²) < 4.78 is 31.1. The number of hydrogen-bond acceptors (Lipinski definition) is 16. The molecule has 3 aromatic heterocycles. The van der Waals surface area contributed by atoms with Gasteiger partial charge >= 0.3 is 17.8 Å². The van der Waals surface area contributed by atoms with Crippen molar-refractivity contribution in [3.05, 3.63) is 93.8 Å². The van der Waals surface area contributed by atoms with E-state index in [4.69, 9.17) is 40.3 Å². The molecule has 80 heavy (non-hydrogen) atoms. The number of anilines is 1. The fraction of sp³-hybridized carbons (Fsp3) is 0.536. The number of aryl methyl sites for hydroxylation is 1. The molecular weight excluding hydrogens is 1030 g/mol. The van der Waals surface area contributed by atoms with Crippen molar-refractivity contribution in [1.29, 1.82) is 0 Å². The number of fused-ring (bicyclic) bond motifs is 1. The zero-order chi connectivity index (χ0) is 57.4. The van der Waals surface area contributed by atoms with Crippen LogP contribution in [0, 0.1) is 18.8 Å². The van der Waals surface area contributed by atoms with Gasteiger partial charge < -0.3 is 61.0 Å². The number of H-pyrrole nitrogens is 1. The average molecular weight is 1110 g/mol. The number of ether oxygens (including phenoxy) is 5. The van der Waals surface area contributed by atoms with E-state index in [1.54, 1.807) is 40.8 Å². The highest BCUT2D eigenvalue weighted by molar-refractivity contribution is 5.93. The number of aromatic amines is 1. The van der Waals surface area contributed by atoms with E-state index in [9.17, 15) is 33.6 Å². The second-order valence-electron chi connectivity index (χ2n) is 20.1. The molecule has 0 unspecified atom stereocenters. The second-order valence-corrected chi connectivity index (χ2v) is 20.1. The number of carbonyl (C=O) groups excluding carboxylic acids is 6. The number of nitrogens with zero attached hydrogens (tertiary/aromatic N) is 6. The normalized spacial score (nSPS) is 13.2. The molecule has 6 rings (SSSR count). The molecular formula is C56H78N12O12. The number of Topliss-reactive ketones (excluding diaryl/α,β-unsaturated/α-hetero) is 2. The molecule has 1 fully saturated rings. The zero-order valence-electron chi connectivity index (χ0n) is 46.4. The Labute approximate surface area is 465 Å². The molecule has 24 heteroatoms. The van der Waals surface area contributed by atoms with Crippen LogP contribution in [0.15, 0.2) is 65.6 Å². The molecule has 5 aromatic rings. The minimum Gasteiger partial charge on any atom is -0.445 e. The Morgan fingerprint density at radius 1 is 0.825 bits per heavy atom. The first-order chi connectivity index (χ1) is 38.5. The van der Waals surface area contributed by atoms with Crippen LogP contribution in [0.5, 0.6) is 0 Å². The number of primary amides is 1. The number of amides is 5. The highest BCUT2D eigenvalue weighted by Crippen LogP contribution is 2.26. The van der Waals surface area contributed by atoms with Crippen molar-refractivity contribution in [2.45, 2.75) is 111 Å². The molecule has 0 saturated heterocycles. The quantitative estimate of drug-likeness (QED) is 0.0309. The molecule has 1 saturated carbocycles. The number of hydrogen-bond donors (Lipinski definition) is 6. The number of nitrogens with one attached hydrogen (secondary N) is 4. The van der Waals surface area contributed by atoms with Gasteiger partial charge in [0.25, 0.3) is 0 Å². The molecule has 1 aliphatic carbocycles. The second kappa shape index (κ2) is 31.9. The van der Waals surface area contributed by atoms with Crippen LogP contribution in [0.3, 0.4) is 0 Å². The van der Waals surface area contributed by atoms with Crippen molar-refractivity contribution in [3.63, 3.8) is 0 Å². The smallest absolute Gasteiger partial charge is 0.410 e. The first-order valence-corrected chi connectivity index (χ1v) is 27.3. The van der Waals surface area contributed by atoms with E-state index in [-0.39, 0.29) is 93.0 Å². The Bertz CT molecular complexity index is 2860. The maximum atomic E-state index is 13.9. The van der Waals surface area contributed by atoms with E-state index >= 15 is 0 Å². The summed E-state index contributed by atoms with van der Waals surface area (Å²) in [6.45, 7) is 11.4. The van der Waals surface area contributed by atoms with Crippen LogP contribution in [-0.2, 0) is 69.0 Å². The minimum absolute atomic E-state index is 0.00106. The third-order valence-corrected chi connectivity index (χ3v) is 13.6. The Hall–Kier alpha value is -7.54. The lowest BCUT2D eigenvalue weighted by atomic mass is 9.88. The van der Waals surface area contributed by atoms with E-state index in [1.165, 1.54) is 11.5 Å². The molecule has 2 atom stereocenters. The molecule has 0 spiro atoms. The lowest BCUT2D eigenvalue weighted by molar-refractivity contribution is -0.134. The van der Waals surface area contributed by atoms with E-state index < -0.39 is 30.0 Å². The van der Waals surface area contributed by atoms with Crippen LogP contribution in [0.25, 0.3) is 22.4 Å². The first kappa shape index (κ1) is 61.7. The van der Waals surface area contributed by atoms with Crippen molar-refractivity contribution in [3.8, 4) is 11.3 Å². The third kappa shape index (κ3) is 20.0. The fourth-order valence-corrected chi connectivity index (χ4v) is 8.89. The van der Waals surface area contributed by atoms with Gasteiger partial charge in [-0.2, -0.15) is 5.10 Å². The van der Waals surface area contributed by atoms with Gasteiger partial charge in [0.05, 0.1) is 77.7 Å². The molecule has 434 valence electrons. The zero-order valence-corrected chi connectivity index (χ0v) is 46.4. The third-order valence-electron chi connectivity index (χ3n) is 13.6. The Morgan fingerprint density at radius 2 is 1.48 bits per heavy atom. The standard InChI is InChI=1S/C56H78N12O12/c1-37(2)46(34-45(70)19-25-76-27-29-78-31-32-79-30-28-77-26-21-59-39(4)69)53(72)63-48(9-6-20-60-54(58)73)49(71)33-40-10-12-42(13-11-40)36-80-56(75)67(44-7-5-8-44)24-23-66-22-18-47(65-66)43-16-14-41(15-17-43)35-68-52-50(64-55(68)74)51(57)61-38(3)62-52/h10-18,22,37,44,46,48H,5-9,19-21,23-36H2,1-4H3,(H,59,69)(H,63,72)(H,64,74)(H2,57,61,62)(H3,58,60,73)/t46-,48-/m0/s1. The van der Waals surface area contributed by atoms with Gasteiger partial charge in [0.1, 0.15) is 23.7 Å². The lowest BCUT2D eigenvalue weighted by Gasteiger charge is -2.36. The monoisotopic (exact) mass is 1110 g/mol. The van der Waals surface area contributed by atoms with Gasteiger partial charge in [0.15, 0.2) is 17.2 Å². The van der Waals surface area contributed by atoms with Gasteiger partial charge in [-0.25, -0.2) is 24.4 Å². The summed E-state index contributed by atoms with van der Waals surface area (Å²) in [5, 5.41) is 12.9. The summed E-state index contributed by atoms with van der Waals surface area (Å²) in [5.41, 5.74) is 15.8. The molecule has 3 heterocycles. The number of carbonyl (C=O) groups is 6. The number of nitrogens with two attached hydrogens (primary N) is 2. The van der Waals surface area contributed by atoms with Gasteiger partial charge in [-0.15, -0.1) is 0 Å². The number of urea groups is 1. The number of benzene rings is 2. The molecule has 1 aliphatic rings. The number of aromatic nitrogens is 6. The average Bonchev–Trinajstić information content (AvgIpc) is 4.12. The van der Waals surface area contributed by atoms with Crippen molar-refractivity contribution >= 4 is 52.5 Å². The van der Waals surface area contributed by atoms with Crippen LogP contribution in [0.1, 0.15) is 88.2 Å². The van der Waals surface area contributed by atoms with Gasteiger partial charge in [0, 0.05) is 69.5 Å². The number of nitrogen functional groups attached to an aromatic ring is 1. The topological polar surface area (TPSA) is 321 Å². The summed E-state index contributed by atoms with van der Waals surface area (Å²) in [6, 6.07) is 15.3. The Balaban J connectivity index is 0.925. The van der Waals surface area contributed by atoms with Crippen LogP contribution < -0.4 is 33.1 Å². The van der Waals surface area contributed by atoms with E-state index in [1.807, 2.05) is 50.4 Å². The highest BCUT2D eigenvalue weighted by atomic mass is 16.6. The predicted molar refractivity (Wildman–Crippen MR) is 297 cm³/mol. The Morgan fingerprint density at radius 3 is 2.11 bits per heavy atom. The van der Waals surface area contributed by atoms with E-state index in [0.29, 0.717) is 94.8 Å².